The molecule has 4 rings (SSSR count). The molecule has 1 aromatic rings. The zero-order chi connectivity index (χ0) is 18.6. The first-order valence-corrected chi connectivity index (χ1v) is 10.4. The van der Waals surface area contributed by atoms with Crippen molar-refractivity contribution in [1.29, 1.82) is 5.26 Å². The third-order valence-corrected chi connectivity index (χ3v) is 6.37. The Kier molecular flexibility index (Phi) is 5.58. The maximum atomic E-state index is 12.8. The monoisotopic (exact) mass is 367 g/mol. The van der Waals surface area contributed by atoms with Crippen LogP contribution in [0.2, 0.25) is 0 Å². The number of carbonyl (C=O) groups is 1. The van der Waals surface area contributed by atoms with Gasteiger partial charge in [-0.05, 0) is 57.2 Å². The first-order valence-electron chi connectivity index (χ1n) is 10.4. The molecule has 3 fully saturated rings. The summed E-state index contributed by atoms with van der Waals surface area (Å²) >= 11 is 0. The summed E-state index contributed by atoms with van der Waals surface area (Å²) in [5, 5.41) is 9.05. The maximum Gasteiger partial charge on any atom is 0.226 e. The van der Waals surface area contributed by atoms with Crippen molar-refractivity contribution in [3.8, 4) is 6.07 Å². The summed E-state index contributed by atoms with van der Waals surface area (Å²) < 4.78 is 0. The molecule has 3 aliphatic rings. The molecular weight excluding hydrogens is 338 g/mol. The van der Waals surface area contributed by atoms with Gasteiger partial charge in [0.15, 0.2) is 0 Å². The predicted molar refractivity (Wildman–Crippen MR) is 104 cm³/mol. The Bertz CT molecular complexity index is 701. The number of hydrogen-bond donors (Lipinski definition) is 0. The van der Waals surface area contributed by atoms with Crippen molar-refractivity contribution in [2.45, 2.75) is 44.6 Å². The van der Waals surface area contributed by atoms with Gasteiger partial charge in [0.25, 0.3) is 0 Å². The molecule has 6 heteroatoms. The molecule has 1 atom stereocenters. The zero-order valence-electron chi connectivity index (χ0n) is 16.0. The first kappa shape index (κ1) is 18.2. The summed E-state index contributed by atoms with van der Waals surface area (Å²) in [6.45, 7) is 5.91. The fourth-order valence-corrected chi connectivity index (χ4v) is 4.86. The van der Waals surface area contributed by atoms with Gasteiger partial charge >= 0.3 is 0 Å². The Morgan fingerprint density at radius 2 is 1.81 bits per heavy atom. The van der Waals surface area contributed by atoms with Crippen molar-refractivity contribution in [2.24, 2.45) is 5.92 Å². The van der Waals surface area contributed by atoms with Crippen LogP contribution in [0.5, 0.6) is 0 Å². The highest BCUT2D eigenvalue weighted by molar-refractivity contribution is 5.79. The Hall–Kier alpha value is -2.13. The molecule has 0 spiro atoms. The second-order valence-corrected chi connectivity index (χ2v) is 8.08. The standard InChI is InChI=1S/C21H29N5O/c22-15-18-6-3-7-20(23-18)24-13-8-19(9-14-24)26-12-4-5-17(16-26)21(27)25-10-1-2-11-25/h3,6-7,17,19H,1-2,4-5,8-14,16H2/t17-/m0/s1. The van der Waals surface area contributed by atoms with E-state index in [-0.39, 0.29) is 5.92 Å². The van der Waals surface area contributed by atoms with E-state index in [1.807, 2.05) is 12.1 Å². The molecule has 3 aliphatic heterocycles. The number of likely N-dealkylation sites (tertiary alicyclic amines) is 2. The van der Waals surface area contributed by atoms with Crippen molar-refractivity contribution < 1.29 is 4.79 Å². The Morgan fingerprint density at radius 3 is 2.56 bits per heavy atom. The summed E-state index contributed by atoms with van der Waals surface area (Å²) in [4.78, 5) is 24.2. The van der Waals surface area contributed by atoms with E-state index in [2.05, 4.69) is 25.8 Å². The normalized spacial score (nSPS) is 24.8. The van der Waals surface area contributed by atoms with Crippen LogP contribution in [0.1, 0.15) is 44.2 Å². The second-order valence-electron chi connectivity index (χ2n) is 8.08. The van der Waals surface area contributed by atoms with E-state index in [1.54, 1.807) is 6.07 Å². The van der Waals surface area contributed by atoms with E-state index in [9.17, 15) is 4.79 Å². The van der Waals surface area contributed by atoms with Crippen LogP contribution < -0.4 is 4.90 Å². The number of aromatic nitrogens is 1. The summed E-state index contributed by atoms with van der Waals surface area (Å²) in [6, 6.07) is 8.34. The van der Waals surface area contributed by atoms with E-state index in [0.29, 0.717) is 17.6 Å². The molecule has 4 heterocycles. The van der Waals surface area contributed by atoms with E-state index < -0.39 is 0 Å². The third-order valence-electron chi connectivity index (χ3n) is 6.37. The van der Waals surface area contributed by atoms with Crippen molar-refractivity contribution in [1.82, 2.24) is 14.8 Å². The molecule has 0 bridgehead atoms. The van der Waals surface area contributed by atoms with Crippen molar-refractivity contribution in [3.63, 3.8) is 0 Å². The number of nitriles is 1. The summed E-state index contributed by atoms with van der Waals surface area (Å²) in [7, 11) is 0. The Balaban J connectivity index is 1.32. The van der Waals surface area contributed by atoms with Gasteiger partial charge in [0, 0.05) is 38.8 Å². The van der Waals surface area contributed by atoms with Crippen LogP contribution in [0.15, 0.2) is 18.2 Å². The minimum absolute atomic E-state index is 0.198. The van der Waals surface area contributed by atoms with Crippen molar-refractivity contribution >= 4 is 11.7 Å². The van der Waals surface area contributed by atoms with E-state index in [0.717, 1.165) is 70.8 Å². The molecule has 0 radical (unpaired) electrons. The highest BCUT2D eigenvalue weighted by atomic mass is 16.2. The fraction of sp³-hybridized carbons (Fsp3) is 0.667. The maximum absolute atomic E-state index is 12.8. The molecule has 6 nitrogen and oxygen atoms in total. The fourth-order valence-electron chi connectivity index (χ4n) is 4.86. The largest absolute Gasteiger partial charge is 0.356 e. The van der Waals surface area contributed by atoms with E-state index in [4.69, 9.17) is 5.26 Å². The predicted octanol–water partition coefficient (Wildman–Crippen LogP) is 2.26. The van der Waals surface area contributed by atoms with Gasteiger partial charge in [0.2, 0.25) is 5.91 Å². The molecule has 3 saturated heterocycles. The lowest BCUT2D eigenvalue weighted by Crippen LogP contribution is -2.51. The quantitative estimate of drug-likeness (QED) is 0.820. The highest BCUT2D eigenvalue weighted by Crippen LogP contribution is 2.27. The molecular formula is C21H29N5O. The summed E-state index contributed by atoms with van der Waals surface area (Å²) in [5.74, 6) is 1.50. The van der Waals surface area contributed by atoms with Crippen LogP contribution in [-0.4, -0.2) is 66.0 Å². The van der Waals surface area contributed by atoms with Gasteiger partial charge in [-0.3, -0.25) is 9.69 Å². The number of anilines is 1. The number of amides is 1. The van der Waals surface area contributed by atoms with Gasteiger partial charge in [-0.2, -0.15) is 5.26 Å². The van der Waals surface area contributed by atoms with Crippen LogP contribution in [0.4, 0.5) is 5.82 Å². The lowest BCUT2D eigenvalue weighted by molar-refractivity contribution is -0.136. The first-order chi connectivity index (χ1) is 13.2. The second kappa shape index (κ2) is 8.26. The van der Waals surface area contributed by atoms with Crippen LogP contribution in [0.3, 0.4) is 0 Å². The molecule has 1 aromatic heterocycles. The van der Waals surface area contributed by atoms with Crippen LogP contribution in [-0.2, 0) is 4.79 Å². The number of nitrogens with zero attached hydrogens (tertiary/aromatic N) is 5. The SMILES string of the molecule is N#Cc1cccc(N2CCC(N3CCC[C@H](C(=O)N4CCCC4)C3)CC2)n1. The van der Waals surface area contributed by atoms with E-state index >= 15 is 0 Å². The highest BCUT2D eigenvalue weighted by Gasteiger charge is 2.34. The number of piperidine rings is 2. The third kappa shape index (κ3) is 4.08. The minimum Gasteiger partial charge on any atom is -0.356 e. The smallest absolute Gasteiger partial charge is 0.226 e. The van der Waals surface area contributed by atoms with Gasteiger partial charge < -0.3 is 9.80 Å². The van der Waals surface area contributed by atoms with Crippen molar-refractivity contribution in [2.75, 3.05) is 44.2 Å². The molecule has 0 saturated carbocycles. The molecule has 0 unspecified atom stereocenters. The topological polar surface area (TPSA) is 63.5 Å². The molecule has 1 amide bonds. The average molecular weight is 367 g/mol. The average Bonchev–Trinajstić information content (AvgIpc) is 3.28. The molecule has 0 N–H and O–H groups in total. The number of carbonyl (C=O) groups excluding carboxylic acids is 1. The number of rotatable bonds is 3. The van der Waals surface area contributed by atoms with Crippen molar-refractivity contribution in [3.05, 3.63) is 23.9 Å². The Morgan fingerprint density at radius 1 is 1.04 bits per heavy atom. The molecule has 27 heavy (non-hydrogen) atoms. The van der Waals surface area contributed by atoms with Gasteiger partial charge in [-0.1, -0.05) is 6.07 Å². The Labute approximate surface area is 161 Å². The van der Waals surface area contributed by atoms with Gasteiger partial charge in [0.05, 0.1) is 5.92 Å². The molecule has 144 valence electrons. The van der Waals surface area contributed by atoms with Gasteiger partial charge in [-0.15, -0.1) is 0 Å². The van der Waals surface area contributed by atoms with Gasteiger partial charge in [0.1, 0.15) is 17.6 Å². The number of pyridine rings is 1. The zero-order valence-corrected chi connectivity index (χ0v) is 16.0. The van der Waals surface area contributed by atoms with Crippen LogP contribution in [0, 0.1) is 17.2 Å². The molecule has 0 aromatic carbocycles. The summed E-state index contributed by atoms with van der Waals surface area (Å²) in [5.41, 5.74) is 0.480. The minimum atomic E-state index is 0.198. The number of hydrogen-bond acceptors (Lipinski definition) is 5. The van der Waals surface area contributed by atoms with Gasteiger partial charge in [-0.25, -0.2) is 4.98 Å². The van der Waals surface area contributed by atoms with Crippen LogP contribution >= 0.6 is 0 Å². The lowest BCUT2D eigenvalue weighted by atomic mass is 9.93. The van der Waals surface area contributed by atoms with Crippen LogP contribution in [0.25, 0.3) is 0 Å². The molecule has 0 aliphatic carbocycles. The lowest BCUT2D eigenvalue weighted by Gasteiger charge is -2.42. The van der Waals surface area contributed by atoms with E-state index in [1.165, 1.54) is 12.8 Å². The summed E-state index contributed by atoms with van der Waals surface area (Å²) in [6.07, 6.45) is 6.72.